The van der Waals surface area contributed by atoms with Crippen LogP contribution in [0.1, 0.15) is 22.4 Å². The van der Waals surface area contributed by atoms with E-state index in [0.717, 1.165) is 12.1 Å². The van der Waals surface area contributed by atoms with Crippen LogP contribution in [0.4, 0.5) is 18.9 Å². The lowest BCUT2D eigenvalue weighted by atomic mass is 10.0. The van der Waals surface area contributed by atoms with Crippen LogP contribution in [0.25, 0.3) is 11.4 Å². The molecular weight excluding hydrogens is 429 g/mol. The summed E-state index contributed by atoms with van der Waals surface area (Å²) in [4.78, 5) is 31.8. The summed E-state index contributed by atoms with van der Waals surface area (Å²) in [6, 6.07) is 8.51. The van der Waals surface area contributed by atoms with Gasteiger partial charge in [0.25, 0.3) is 5.56 Å². The minimum Gasteiger partial charge on any atom is -0.502 e. The van der Waals surface area contributed by atoms with Gasteiger partial charge in [-0.05, 0) is 23.8 Å². The number of hydrogen-bond donors (Lipinski definition) is 2. The van der Waals surface area contributed by atoms with E-state index in [0.29, 0.717) is 41.9 Å². The molecule has 2 N–H and O–H groups in total. The van der Waals surface area contributed by atoms with E-state index in [9.17, 15) is 33.2 Å². The first kappa shape index (κ1) is 21.5. The Morgan fingerprint density at radius 1 is 1.19 bits per heavy atom. The Morgan fingerprint density at radius 2 is 1.91 bits per heavy atom. The number of benzene rings is 2. The average Bonchev–Trinajstić information content (AvgIpc) is 2.73. The molecule has 0 atom stereocenters. The predicted molar refractivity (Wildman–Crippen MR) is 108 cm³/mol. The van der Waals surface area contributed by atoms with E-state index in [-0.39, 0.29) is 23.6 Å². The molecule has 0 unspecified atom stereocenters. The number of H-pyrrole nitrogens is 1. The number of nitrogens with zero attached hydrogens (tertiary/aromatic N) is 3. The van der Waals surface area contributed by atoms with Gasteiger partial charge in [0, 0.05) is 37.7 Å². The fourth-order valence-corrected chi connectivity index (χ4v) is 3.65. The molecule has 0 amide bonds. The van der Waals surface area contributed by atoms with E-state index in [2.05, 4.69) is 9.97 Å². The van der Waals surface area contributed by atoms with Gasteiger partial charge < -0.3 is 10.1 Å². The summed E-state index contributed by atoms with van der Waals surface area (Å²) in [7, 11) is 0. The quantitative estimate of drug-likeness (QED) is 0.468. The van der Waals surface area contributed by atoms with Gasteiger partial charge >= 0.3 is 11.9 Å². The van der Waals surface area contributed by atoms with Crippen molar-refractivity contribution in [3.63, 3.8) is 0 Å². The Bertz CT molecular complexity index is 1240. The van der Waals surface area contributed by atoms with Crippen LogP contribution in [0.3, 0.4) is 0 Å². The summed E-state index contributed by atoms with van der Waals surface area (Å²) in [6.45, 7) is 1.20. The molecule has 0 saturated heterocycles. The number of nitro benzene ring substituents is 1. The molecule has 166 valence electrons. The number of nitro groups is 1. The number of alkyl halides is 3. The van der Waals surface area contributed by atoms with Gasteiger partial charge in [-0.1, -0.05) is 18.2 Å². The number of aromatic nitrogens is 2. The van der Waals surface area contributed by atoms with E-state index in [1.54, 1.807) is 6.07 Å². The molecule has 0 spiro atoms. The number of hydrogen-bond acceptors (Lipinski definition) is 6. The second-order valence-electron chi connectivity index (χ2n) is 7.46. The van der Waals surface area contributed by atoms with Gasteiger partial charge in [-0.2, -0.15) is 13.2 Å². The van der Waals surface area contributed by atoms with E-state index < -0.39 is 22.4 Å². The van der Waals surface area contributed by atoms with Crippen LogP contribution in [0.15, 0.2) is 47.3 Å². The fraction of sp³-hybridized carbons (Fsp3) is 0.238. The Hall–Kier alpha value is -3.73. The van der Waals surface area contributed by atoms with Crippen molar-refractivity contribution in [1.29, 1.82) is 0 Å². The molecule has 0 saturated carbocycles. The fourth-order valence-electron chi connectivity index (χ4n) is 3.65. The highest BCUT2D eigenvalue weighted by atomic mass is 19.4. The third-order valence-electron chi connectivity index (χ3n) is 5.28. The zero-order valence-corrected chi connectivity index (χ0v) is 16.5. The maximum Gasteiger partial charge on any atom is 0.416 e. The smallest absolute Gasteiger partial charge is 0.416 e. The summed E-state index contributed by atoms with van der Waals surface area (Å²) >= 11 is 0. The van der Waals surface area contributed by atoms with Crippen molar-refractivity contribution in [2.75, 3.05) is 6.54 Å². The summed E-state index contributed by atoms with van der Waals surface area (Å²) in [6.07, 6.45) is -4.00. The second kappa shape index (κ2) is 8.08. The average molecular weight is 446 g/mol. The number of halogens is 3. The van der Waals surface area contributed by atoms with Gasteiger partial charge in [0.1, 0.15) is 5.82 Å². The highest BCUT2D eigenvalue weighted by Crippen LogP contribution is 2.31. The number of aromatic amines is 1. The Balaban J connectivity index is 1.53. The highest BCUT2D eigenvalue weighted by molar-refractivity contribution is 5.56. The molecule has 0 aliphatic carbocycles. The Labute approximate surface area is 179 Å². The monoisotopic (exact) mass is 446 g/mol. The van der Waals surface area contributed by atoms with E-state index in [1.807, 2.05) is 4.90 Å². The van der Waals surface area contributed by atoms with Crippen molar-refractivity contribution >= 4 is 5.69 Å². The molecular formula is C21H17F3N4O4. The molecule has 1 aromatic heterocycles. The maximum absolute atomic E-state index is 12.8. The zero-order chi connectivity index (χ0) is 23.0. The predicted octanol–water partition coefficient (Wildman–Crippen LogP) is 3.63. The van der Waals surface area contributed by atoms with Gasteiger partial charge in [-0.3, -0.25) is 19.8 Å². The number of aromatic hydroxyl groups is 1. The van der Waals surface area contributed by atoms with Crippen molar-refractivity contribution in [3.05, 3.63) is 85.3 Å². The van der Waals surface area contributed by atoms with Gasteiger partial charge in [-0.25, -0.2) is 4.98 Å². The molecule has 11 heteroatoms. The molecule has 4 rings (SSSR count). The van der Waals surface area contributed by atoms with E-state index >= 15 is 0 Å². The Kier molecular flexibility index (Phi) is 5.43. The molecule has 32 heavy (non-hydrogen) atoms. The SMILES string of the molecule is O=c1[nH]c(-c2ccc(C(F)(F)F)cc2)nc2c1CN(Cc1ccc([N+](=O)[O-])c(O)c1)CC2. The molecule has 2 heterocycles. The van der Waals surface area contributed by atoms with Gasteiger partial charge in [0.05, 0.1) is 21.7 Å². The first-order valence-corrected chi connectivity index (χ1v) is 9.60. The molecule has 0 bridgehead atoms. The van der Waals surface area contributed by atoms with Gasteiger partial charge in [0.2, 0.25) is 0 Å². The van der Waals surface area contributed by atoms with Crippen molar-refractivity contribution < 1.29 is 23.2 Å². The molecule has 3 aromatic rings. The minimum atomic E-state index is -4.45. The van der Waals surface area contributed by atoms with E-state index in [4.69, 9.17) is 0 Å². The van der Waals surface area contributed by atoms with Crippen molar-refractivity contribution in [2.45, 2.75) is 25.7 Å². The number of nitrogens with one attached hydrogen (secondary N) is 1. The van der Waals surface area contributed by atoms with Crippen LogP contribution in [0.2, 0.25) is 0 Å². The van der Waals surface area contributed by atoms with Crippen molar-refractivity contribution in [2.24, 2.45) is 0 Å². The van der Waals surface area contributed by atoms with Crippen LogP contribution >= 0.6 is 0 Å². The highest BCUT2D eigenvalue weighted by Gasteiger charge is 2.30. The lowest BCUT2D eigenvalue weighted by molar-refractivity contribution is -0.385. The Morgan fingerprint density at radius 3 is 2.53 bits per heavy atom. The van der Waals surface area contributed by atoms with Crippen LogP contribution in [-0.4, -0.2) is 31.4 Å². The lowest BCUT2D eigenvalue weighted by Crippen LogP contribution is -2.35. The normalized spacial score (nSPS) is 14.2. The third-order valence-corrected chi connectivity index (χ3v) is 5.28. The second-order valence-corrected chi connectivity index (χ2v) is 7.46. The van der Waals surface area contributed by atoms with Crippen LogP contribution in [0, 0.1) is 10.1 Å². The van der Waals surface area contributed by atoms with Crippen LogP contribution in [0.5, 0.6) is 5.75 Å². The first-order valence-electron chi connectivity index (χ1n) is 9.60. The number of rotatable bonds is 4. The zero-order valence-electron chi connectivity index (χ0n) is 16.5. The van der Waals surface area contributed by atoms with E-state index in [1.165, 1.54) is 24.3 Å². The first-order chi connectivity index (χ1) is 15.1. The van der Waals surface area contributed by atoms with Gasteiger partial charge in [0.15, 0.2) is 5.75 Å². The van der Waals surface area contributed by atoms with Crippen LogP contribution in [-0.2, 0) is 25.7 Å². The standard InChI is InChI=1S/C21H17F3N4O4/c22-21(23,24)14-4-2-13(3-5-14)19-25-16-7-8-27(11-15(16)20(30)26-19)10-12-1-6-17(28(31)32)18(29)9-12/h1-6,9,29H,7-8,10-11H2,(H,25,26,30). The van der Waals surface area contributed by atoms with Crippen molar-refractivity contribution in [3.8, 4) is 17.1 Å². The summed E-state index contributed by atoms with van der Waals surface area (Å²) in [5.74, 6) is -0.221. The molecule has 1 aliphatic rings. The lowest BCUT2D eigenvalue weighted by Gasteiger charge is -2.27. The third kappa shape index (κ3) is 4.33. The summed E-state index contributed by atoms with van der Waals surface area (Å²) in [5.41, 5.74) is 0.526. The molecule has 1 aliphatic heterocycles. The molecule has 2 aromatic carbocycles. The topological polar surface area (TPSA) is 112 Å². The number of fused-ring (bicyclic) bond motifs is 1. The molecule has 0 radical (unpaired) electrons. The maximum atomic E-state index is 12.8. The number of phenolic OH excluding ortho intramolecular Hbond substituents is 1. The minimum absolute atomic E-state index is 0.205. The van der Waals surface area contributed by atoms with Crippen LogP contribution < -0.4 is 5.56 Å². The molecule has 8 nitrogen and oxygen atoms in total. The largest absolute Gasteiger partial charge is 0.502 e. The number of phenols is 1. The molecule has 0 fully saturated rings. The van der Waals surface area contributed by atoms with Crippen molar-refractivity contribution in [1.82, 2.24) is 14.9 Å². The summed E-state index contributed by atoms with van der Waals surface area (Å²) in [5, 5.41) is 20.6. The summed E-state index contributed by atoms with van der Waals surface area (Å²) < 4.78 is 38.3. The van der Waals surface area contributed by atoms with Gasteiger partial charge in [-0.15, -0.1) is 0 Å².